The summed E-state index contributed by atoms with van der Waals surface area (Å²) in [6, 6.07) is 12.3. The van der Waals surface area contributed by atoms with Gasteiger partial charge in [-0.3, -0.25) is 9.59 Å². The van der Waals surface area contributed by atoms with E-state index >= 15 is 0 Å². The smallest absolute Gasteiger partial charge is 0.261 e. The number of amides is 2. The Morgan fingerprint density at radius 2 is 1.76 bits per heavy atom. The molecule has 0 saturated carbocycles. The first-order valence-corrected chi connectivity index (χ1v) is 12.1. The van der Waals surface area contributed by atoms with Gasteiger partial charge in [-0.25, -0.2) is 0 Å². The standard InChI is InChI=1S/C26H34Cl2N2O3/c1-6-14-29-25(32)22(7-2)30(16-18-12-13-20(27)21(28)15-18)24(31)17-33-23-11-9-8-10-19(23)26(3,4)5/h8-13,15,22H,6-7,14,16-17H2,1-5H3,(H,29,32). The molecule has 1 atom stereocenters. The molecule has 5 nitrogen and oxygen atoms in total. The number of hydrogen-bond donors (Lipinski definition) is 1. The molecular weight excluding hydrogens is 459 g/mol. The van der Waals surface area contributed by atoms with E-state index in [9.17, 15) is 9.59 Å². The number of carbonyl (C=O) groups is 2. The lowest BCUT2D eigenvalue weighted by molar-refractivity contribution is -0.143. The number of rotatable bonds is 10. The molecule has 1 unspecified atom stereocenters. The highest BCUT2D eigenvalue weighted by Gasteiger charge is 2.29. The third-order valence-electron chi connectivity index (χ3n) is 5.32. The van der Waals surface area contributed by atoms with Gasteiger partial charge in [0.05, 0.1) is 10.0 Å². The minimum atomic E-state index is -0.625. The minimum absolute atomic E-state index is 0.134. The topological polar surface area (TPSA) is 58.6 Å². The van der Waals surface area contributed by atoms with Crippen molar-refractivity contribution in [2.24, 2.45) is 0 Å². The summed E-state index contributed by atoms with van der Waals surface area (Å²) in [5.41, 5.74) is 1.67. The second-order valence-corrected chi connectivity index (χ2v) is 9.83. The molecular formula is C26H34Cl2N2O3. The Bertz CT molecular complexity index is 957. The average molecular weight is 493 g/mol. The summed E-state index contributed by atoms with van der Waals surface area (Å²) in [7, 11) is 0. The second kappa shape index (κ2) is 12.3. The van der Waals surface area contributed by atoms with Crippen molar-refractivity contribution in [1.29, 1.82) is 0 Å². The highest BCUT2D eigenvalue weighted by atomic mass is 35.5. The van der Waals surface area contributed by atoms with E-state index in [1.165, 1.54) is 0 Å². The van der Waals surface area contributed by atoms with E-state index in [0.29, 0.717) is 28.8 Å². The van der Waals surface area contributed by atoms with Gasteiger partial charge in [-0.05, 0) is 47.6 Å². The first-order valence-electron chi connectivity index (χ1n) is 11.3. The van der Waals surface area contributed by atoms with E-state index in [0.717, 1.165) is 17.5 Å². The molecule has 0 radical (unpaired) electrons. The summed E-state index contributed by atoms with van der Waals surface area (Å²) in [6.45, 7) is 10.8. The van der Waals surface area contributed by atoms with Gasteiger partial charge in [-0.2, -0.15) is 0 Å². The molecule has 0 saturated heterocycles. The van der Waals surface area contributed by atoms with E-state index in [1.807, 2.05) is 38.1 Å². The zero-order valence-electron chi connectivity index (χ0n) is 20.1. The molecule has 2 amide bonds. The number of nitrogens with one attached hydrogen (secondary N) is 1. The van der Waals surface area contributed by atoms with E-state index < -0.39 is 6.04 Å². The third-order valence-corrected chi connectivity index (χ3v) is 6.06. The van der Waals surface area contributed by atoms with Crippen LogP contribution < -0.4 is 10.1 Å². The van der Waals surface area contributed by atoms with Crippen molar-refractivity contribution in [1.82, 2.24) is 10.2 Å². The number of carbonyl (C=O) groups excluding carboxylic acids is 2. The molecule has 0 aliphatic rings. The van der Waals surface area contributed by atoms with Crippen molar-refractivity contribution in [3.05, 3.63) is 63.6 Å². The Morgan fingerprint density at radius 1 is 1.06 bits per heavy atom. The maximum atomic E-state index is 13.4. The number of halogens is 2. The molecule has 0 bridgehead atoms. The van der Waals surface area contributed by atoms with Crippen LogP contribution in [0.2, 0.25) is 10.0 Å². The van der Waals surface area contributed by atoms with Gasteiger partial charge in [0.25, 0.3) is 5.91 Å². The van der Waals surface area contributed by atoms with E-state index in [4.69, 9.17) is 27.9 Å². The highest BCUT2D eigenvalue weighted by Crippen LogP contribution is 2.31. The van der Waals surface area contributed by atoms with Gasteiger partial charge in [-0.15, -0.1) is 0 Å². The van der Waals surface area contributed by atoms with Gasteiger partial charge in [0.2, 0.25) is 5.91 Å². The largest absolute Gasteiger partial charge is 0.483 e. The van der Waals surface area contributed by atoms with Gasteiger partial charge < -0.3 is 15.0 Å². The van der Waals surface area contributed by atoms with Crippen molar-refractivity contribution in [2.45, 2.75) is 65.5 Å². The first-order chi connectivity index (χ1) is 15.6. The number of hydrogen-bond acceptors (Lipinski definition) is 3. The maximum absolute atomic E-state index is 13.4. The lowest BCUT2D eigenvalue weighted by Crippen LogP contribution is -2.50. The highest BCUT2D eigenvalue weighted by molar-refractivity contribution is 6.42. The van der Waals surface area contributed by atoms with Crippen molar-refractivity contribution in [2.75, 3.05) is 13.2 Å². The van der Waals surface area contributed by atoms with Crippen LogP contribution in [-0.2, 0) is 21.5 Å². The summed E-state index contributed by atoms with van der Waals surface area (Å²) in [5.74, 6) is 0.211. The van der Waals surface area contributed by atoms with Gasteiger partial charge in [0, 0.05) is 13.1 Å². The zero-order chi connectivity index (χ0) is 24.6. The molecule has 2 aromatic rings. The van der Waals surface area contributed by atoms with Crippen LogP contribution in [-0.4, -0.2) is 35.9 Å². The molecule has 1 N–H and O–H groups in total. The molecule has 0 heterocycles. The Kier molecular flexibility index (Phi) is 10.1. The first kappa shape index (κ1) is 27.0. The number of nitrogens with zero attached hydrogens (tertiary/aromatic N) is 1. The molecule has 0 fully saturated rings. The SMILES string of the molecule is CCCNC(=O)C(CC)N(Cc1ccc(Cl)c(Cl)c1)C(=O)COc1ccccc1C(C)(C)C. The molecule has 7 heteroatoms. The van der Waals surface area contributed by atoms with Crippen LogP contribution in [0.5, 0.6) is 5.75 Å². The van der Waals surface area contributed by atoms with Crippen LogP contribution in [0.4, 0.5) is 0 Å². The van der Waals surface area contributed by atoms with Crippen molar-refractivity contribution < 1.29 is 14.3 Å². The van der Waals surface area contributed by atoms with Crippen LogP contribution in [0.15, 0.2) is 42.5 Å². The van der Waals surface area contributed by atoms with E-state index in [-0.39, 0.29) is 30.4 Å². The Morgan fingerprint density at radius 3 is 2.36 bits per heavy atom. The summed E-state index contributed by atoms with van der Waals surface area (Å²) >= 11 is 12.2. The van der Waals surface area contributed by atoms with Crippen molar-refractivity contribution >= 4 is 35.0 Å². The molecule has 180 valence electrons. The monoisotopic (exact) mass is 492 g/mol. The fraction of sp³-hybridized carbons (Fsp3) is 0.462. The number of para-hydroxylation sites is 1. The molecule has 2 aromatic carbocycles. The molecule has 33 heavy (non-hydrogen) atoms. The van der Waals surface area contributed by atoms with Gasteiger partial charge in [0.15, 0.2) is 6.61 Å². The van der Waals surface area contributed by atoms with Crippen molar-refractivity contribution in [3.8, 4) is 5.75 Å². The number of ether oxygens (including phenoxy) is 1. The van der Waals surface area contributed by atoms with Gasteiger partial charge >= 0.3 is 0 Å². The molecule has 0 aromatic heterocycles. The fourth-order valence-corrected chi connectivity index (χ4v) is 3.88. The molecule has 2 rings (SSSR count). The van der Waals surface area contributed by atoms with Crippen molar-refractivity contribution in [3.63, 3.8) is 0 Å². The minimum Gasteiger partial charge on any atom is -0.483 e. The van der Waals surface area contributed by atoms with Crippen LogP contribution in [0.3, 0.4) is 0 Å². The van der Waals surface area contributed by atoms with Crippen LogP contribution in [0.1, 0.15) is 58.6 Å². The van der Waals surface area contributed by atoms with Gasteiger partial charge in [0.1, 0.15) is 11.8 Å². The number of benzene rings is 2. The lowest BCUT2D eigenvalue weighted by atomic mass is 9.86. The molecule has 0 spiro atoms. The summed E-state index contributed by atoms with van der Waals surface area (Å²) in [6.07, 6.45) is 1.29. The summed E-state index contributed by atoms with van der Waals surface area (Å²) in [4.78, 5) is 27.8. The quantitative estimate of drug-likeness (QED) is 0.442. The summed E-state index contributed by atoms with van der Waals surface area (Å²) < 4.78 is 5.97. The Labute approximate surface area is 207 Å². The predicted octanol–water partition coefficient (Wildman–Crippen LogP) is 6.00. The Balaban J connectivity index is 2.29. The molecule has 0 aliphatic carbocycles. The Hall–Kier alpha value is -2.24. The third kappa shape index (κ3) is 7.65. The fourth-order valence-electron chi connectivity index (χ4n) is 3.55. The van der Waals surface area contributed by atoms with Crippen LogP contribution in [0.25, 0.3) is 0 Å². The predicted molar refractivity (Wildman–Crippen MR) is 135 cm³/mol. The normalized spacial score (nSPS) is 12.2. The second-order valence-electron chi connectivity index (χ2n) is 9.02. The summed E-state index contributed by atoms with van der Waals surface area (Å²) in [5, 5.41) is 3.75. The zero-order valence-corrected chi connectivity index (χ0v) is 21.6. The molecule has 0 aliphatic heterocycles. The van der Waals surface area contributed by atoms with Gasteiger partial charge in [-0.1, -0.05) is 82.1 Å². The lowest BCUT2D eigenvalue weighted by Gasteiger charge is -2.31. The van der Waals surface area contributed by atoms with Crippen LogP contribution in [0, 0.1) is 0 Å². The maximum Gasteiger partial charge on any atom is 0.261 e. The average Bonchev–Trinajstić information content (AvgIpc) is 2.77. The van der Waals surface area contributed by atoms with E-state index in [2.05, 4.69) is 26.1 Å². The van der Waals surface area contributed by atoms with Crippen LogP contribution >= 0.6 is 23.2 Å². The van der Waals surface area contributed by atoms with E-state index in [1.54, 1.807) is 23.1 Å².